The lowest BCUT2D eigenvalue weighted by atomic mass is 10.1. The molecule has 96 valence electrons. The van der Waals surface area contributed by atoms with Crippen molar-refractivity contribution >= 4 is 10.9 Å². The van der Waals surface area contributed by atoms with Crippen molar-refractivity contribution in [1.82, 2.24) is 14.5 Å². The maximum absolute atomic E-state index is 4.43. The second-order valence-corrected chi connectivity index (χ2v) is 4.71. The van der Waals surface area contributed by atoms with Crippen LogP contribution in [0.2, 0.25) is 0 Å². The van der Waals surface area contributed by atoms with Crippen molar-refractivity contribution in [1.29, 1.82) is 0 Å². The molecule has 0 bridgehead atoms. The van der Waals surface area contributed by atoms with Gasteiger partial charge in [-0.05, 0) is 24.1 Å². The zero-order chi connectivity index (χ0) is 13.1. The van der Waals surface area contributed by atoms with E-state index >= 15 is 0 Å². The Hall–Kier alpha value is -2.16. The van der Waals surface area contributed by atoms with Crippen LogP contribution < -0.4 is 0 Å². The van der Waals surface area contributed by atoms with E-state index < -0.39 is 0 Å². The summed E-state index contributed by atoms with van der Waals surface area (Å²) in [5, 5.41) is 1.22. The lowest BCUT2D eigenvalue weighted by molar-refractivity contribution is 0.707. The topological polar surface area (TPSA) is 30.7 Å². The Morgan fingerprint density at radius 1 is 1.05 bits per heavy atom. The Bertz CT molecular complexity index is 680. The molecule has 2 aromatic heterocycles. The van der Waals surface area contributed by atoms with E-state index in [0.29, 0.717) is 0 Å². The van der Waals surface area contributed by atoms with E-state index in [-0.39, 0.29) is 0 Å². The number of nitrogens with zero attached hydrogens (tertiary/aromatic N) is 3. The first kappa shape index (κ1) is 11.9. The van der Waals surface area contributed by atoms with Gasteiger partial charge in [-0.2, -0.15) is 0 Å². The van der Waals surface area contributed by atoms with E-state index in [1.54, 1.807) is 0 Å². The first-order valence-corrected chi connectivity index (χ1v) is 6.71. The quantitative estimate of drug-likeness (QED) is 0.711. The van der Waals surface area contributed by atoms with Crippen molar-refractivity contribution in [3.05, 3.63) is 60.3 Å². The minimum Gasteiger partial charge on any atom is -0.330 e. The summed E-state index contributed by atoms with van der Waals surface area (Å²) in [6.07, 6.45) is 7.97. The summed E-state index contributed by atoms with van der Waals surface area (Å²) in [5.41, 5.74) is 2.35. The van der Waals surface area contributed by atoms with Gasteiger partial charge in [-0.1, -0.05) is 25.1 Å². The van der Waals surface area contributed by atoms with Gasteiger partial charge in [-0.25, -0.2) is 4.98 Å². The van der Waals surface area contributed by atoms with E-state index in [0.717, 1.165) is 30.7 Å². The molecule has 1 aromatic carbocycles. The zero-order valence-corrected chi connectivity index (χ0v) is 11.1. The van der Waals surface area contributed by atoms with Crippen LogP contribution in [0.5, 0.6) is 0 Å². The molecule has 0 unspecified atom stereocenters. The molecule has 3 nitrogen and oxygen atoms in total. The Kier molecular flexibility index (Phi) is 3.27. The minimum absolute atomic E-state index is 0.859. The minimum atomic E-state index is 0.859. The molecule has 3 rings (SSSR count). The molecule has 2 heterocycles. The van der Waals surface area contributed by atoms with E-state index in [2.05, 4.69) is 51.9 Å². The molecule has 0 atom stereocenters. The van der Waals surface area contributed by atoms with Crippen LogP contribution in [0.15, 0.2) is 48.9 Å². The fourth-order valence-electron chi connectivity index (χ4n) is 2.41. The predicted octanol–water partition coefficient (Wildman–Crippen LogP) is 3.43. The second kappa shape index (κ2) is 5.22. The standard InChI is InChI=1S/C16H17N3/c1-2-5-16-18-10-11-19(16)12-13-8-9-17-15-7-4-3-6-14(13)15/h3-4,6-11H,2,5,12H2,1H3. The van der Waals surface area contributed by atoms with Gasteiger partial charge in [-0.15, -0.1) is 0 Å². The Labute approximate surface area is 112 Å². The average Bonchev–Trinajstić information content (AvgIpc) is 2.87. The first-order chi connectivity index (χ1) is 9.38. The van der Waals surface area contributed by atoms with Gasteiger partial charge >= 0.3 is 0 Å². The van der Waals surface area contributed by atoms with Gasteiger partial charge < -0.3 is 4.57 Å². The highest BCUT2D eigenvalue weighted by atomic mass is 15.1. The van der Waals surface area contributed by atoms with E-state index in [9.17, 15) is 0 Å². The second-order valence-electron chi connectivity index (χ2n) is 4.71. The number of hydrogen-bond acceptors (Lipinski definition) is 2. The summed E-state index contributed by atoms with van der Waals surface area (Å²) < 4.78 is 2.23. The number of benzene rings is 1. The Balaban J connectivity index is 1.99. The number of para-hydroxylation sites is 1. The number of rotatable bonds is 4. The number of imidazole rings is 1. The summed E-state index contributed by atoms with van der Waals surface area (Å²) in [4.78, 5) is 8.83. The number of aryl methyl sites for hydroxylation is 1. The zero-order valence-electron chi connectivity index (χ0n) is 11.1. The molecule has 0 amide bonds. The average molecular weight is 251 g/mol. The van der Waals surface area contributed by atoms with E-state index in [4.69, 9.17) is 0 Å². The van der Waals surface area contributed by atoms with Gasteiger partial charge in [0.05, 0.1) is 5.52 Å². The van der Waals surface area contributed by atoms with Crippen LogP contribution >= 0.6 is 0 Å². The molecule has 0 fully saturated rings. The van der Waals surface area contributed by atoms with Crippen molar-refractivity contribution in [3.8, 4) is 0 Å². The van der Waals surface area contributed by atoms with Crippen molar-refractivity contribution in [2.45, 2.75) is 26.3 Å². The molecule has 0 aliphatic heterocycles. The molecule has 0 aliphatic carbocycles. The van der Waals surface area contributed by atoms with Gasteiger partial charge in [0.15, 0.2) is 0 Å². The lowest BCUT2D eigenvalue weighted by Gasteiger charge is -2.09. The summed E-state index contributed by atoms with van der Waals surface area (Å²) >= 11 is 0. The maximum atomic E-state index is 4.43. The van der Waals surface area contributed by atoms with Crippen LogP contribution in [0.3, 0.4) is 0 Å². The third-order valence-electron chi connectivity index (χ3n) is 3.36. The monoisotopic (exact) mass is 251 g/mol. The number of fused-ring (bicyclic) bond motifs is 1. The fourth-order valence-corrected chi connectivity index (χ4v) is 2.41. The van der Waals surface area contributed by atoms with Gasteiger partial charge in [0.25, 0.3) is 0 Å². The van der Waals surface area contributed by atoms with Crippen LogP contribution in [0.25, 0.3) is 10.9 Å². The molecular formula is C16H17N3. The Morgan fingerprint density at radius 2 is 1.95 bits per heavy atom. The molecule has 0 radical (unpaired) electrons. The van der Waals surface area contributed by atoms with Gasteiger partial charge in [0.1, 0.15) is 5.82 Å². The highest BCUT2D eigenvalue weighted by Crippen LogP contribution is 2.18. The number of aromatic nitrogens is 3. The smallest absolute Gasteiger partial charge is 0.108 e. The van der Waals surface area contributed by atoms with Crippen LogP contribution in [-0.2, 0) is 13.0 Å². The van der Waals surface area contributed by atoms with Crippen molar-refractivity contribution in [3.63, 3.8) is 0 Å². The molecule has 19 heavy (non-hydrogen) atoms. The molecule has 0 aliphatic rings. The lowest BCUT2D eigenvalue weighted by Crippen LogP contribution is -2.04. The molecular weight excluding hydrogens is 234 g/mol. The number of hydrogen-bond donors (Lipinski definition) is 0. The molecule has 3 heteroatoms. The van der Waals surface area contributed by atoms with Crippen LogP contribution in [0, 0.1) is 0 Å². The molecule has 3 aromatic rings. The third kappa shape index (κ3) is 2.36. The van der Waals surface area contributed by atoms with E-state index in [1.165, 1.54) is 10.9 Å². The van der Waals surface area contributed by atoms with Gasteiger partial charge in [0.2, 0.25) is 0 Å². The normalized spacial score (nSPS) is 11.0. The first-order valence-electron chi connectivity index (χ1n) is 6.71. The van der Waals surface area contributed by atoms with E-state index in [1.807, 2.05) is 18.5 Å². The molecule has 0 N–H and O–H groups in total. The SMILES string of the molecule is CCCc1nccn1Cc1ccnc2ccccc12. The van der Waals surface area contributed by atoms with Gasteiger partial charge in [0, 0.05) is 36.9 Å². The van der Waals surface area contributed by atoms with Gasteiger partial charge in [-0.3, -0.25) is 4.98 Å². The van der Waals surface area contributed by atoms with Crippen LogP contribution in [0.4, 0.5) is 0 Å². The number of pyridine rings is 1. The Morgan fingerprint density at radius 3 is 2.84 bits per heavy atom. The van der Waals surface area contributed by atoms with Crippen LogP contribution in [-0.4, -0.2) is 14.5 Å². The summed E-state index contributed by atoms with van der Waals surface area (Å²) in [7, 11) is 0. The molecule has 0 saturated carbocycles. The maximum Gasteiger partial charge on any atom is 0.108 e. The largest absolute Gasteiger partial charge is 0.330 e. The van der Waals surface area contributed by atoms with Crippen molar-refractivity contribution in [2.24, 2.45) is 0 Å². The molecule has 0 spiro atoms. The van der Waals surface area contributed by atoms with Crippen molar-refractivity contribution < 1.29 is 0 Å². The fraction of sp³-hybridized carbons (Fsp3) is 0.250. The third-order valence-corrected chi connectivity index (χ3v) is 3.36. The highest BCUT2D eigenvalue weighted by Gasteiger charge is 2.05. The summed E-state index contributed by atoms with van der Waals surface area (Å²) in [6, 6.07) is 10.4. The predicted molar refractivity (Wildman–Crippen MR) is 77.1 cm³/mol. The molecule has 0 saturated heterocycles. The van der Waals surface area contributed by atoms with Crippen LogP contribution in [0.1, 0.15) is 24.7 Å². The highest BCUT2D eigenvalue weighted by molar-refractivity contribution is 5.81. The summed E-state index contributed by atoms with van der Waals surface area (Å²) in [6.45, 7) is 3.04. The van der Waals surface area contributed by atoms with Crippen molar-refractivity contribution in [2.75, 3.05) is 0 Å². The summed E-state index contributed by atoms with van der Waals surface area (Å²) in [5.74, 6) is 1.16.